The van der Waals surface area contributed by atoms with E-state index in [0.717, 1.165) is 27.5 Å². The Morgan fingerprint density at radius 1 is 0.865 bits per heavy atom. The fourth-order valence-corrected chi connectivity index (χ4v) is 4.76. The van der Waals surface area contributed by atoms with Crippen LogP contribution in [0, 0.1) is 0 Å². The maximum atomic E-state index is 13.5. The molecule has 0 aromatic heterocycles. The fraction of sp³-hybridized carbons (Fsp3) is 0.161. The Hall–Kier alpha value is -4.58. The number of fused-ring (bicyclic) bond motifs is 1. The molecule has 186 valence electrons. The number of benzene rings is 4. The zero-order chi connectivity index (χ0) is 25.8. The lowest BCUT2D eigenvalue weighted by Crippen LogP contribution is -2.47. The molecule has 4 aromatic rings. The van der Waals surface area contributed by atoms with Crippen molar-refractivity contribution in [3.63, 3.8) is 0 Å². The number of urea groups is 1. The lowest BCUT2D eigenvalue weighted by atomic mass is 9.90. The predicted molar refractivity (Wildman–Crippen MR) is 143 cm³/mol. The summed E-state index contributed by atoms with van der Waals surface area (Å²) in [6.07, 6.45) is 0. The molecule has 6 heteroatoms. The van der Waals surface area contributed by atoms with Crippen LogP contribution in [0.1, 0.15) is 29.7 Å². The van der Waals surface area contributed by atoms with Crippen LogP contribution in [-0.4, -0.2) is 24.0 Å². The summed E-state index contributed by atoms with van der Waals surface area (Å²) in [4.78, 5) is 28.2. The molecule has 0 saturated carbocycles. The van der Waals surface area contributed by atoms with Crippen LogP contribution < -0.4 is 10.1 Å². The van der Waals surface area contributed by atoms with Gasteiger partial charge in [-0.05, 0) is 34.9 Å². The largest absolute Gasteiger partial charge is 0.489 e. The molecule has 1 heterocycles. The maximum Gasteiger partial charge on any atom is 0.337 e. The minimum Gasteiger partial charge on any atom is -0.489 e. The number of rotatable bonds is 7. The number of hydrogen-bond donors (Lipinski definition) is 1. The minimum atomic E-state index is -0.746. The average molecular weight is 493 g/mol. The van der Waals surface area contributed by atoms with Crippen LogP contribution >= 0.6 is 0 Å². The van der Waals surface area contributed by atoms with Crippen LogP contribution in [0.25, 0.3) is 10.8 Å². The van der Waals surface area contributed by atoms with E-state index in [9.17, 15) is 9.59 Å². The summed E-state index contributed by atoms with van der Waals surface area (Å²) >= 11 is 0. The molecule has 0 spiro atoms. The standard InChI is InChI=1S/C31H28N2O4/c1-21-27(30(34)36-2)29(32-31(35)33(21)19-22-11-5-3-6-12-22)28-25-16-10-9-15-24(25)17-18-26(28)37-20-23-13-7-4-8-14-23/h3-18,29H,19-20H2,1-2H3,(H,32,35)/t29-/m0/s1. The van der Waals surface area contributed by atoms with Crippen LogP contribution in [0.5, 0.6) is 5.75 Å². The van der Waals surface area contributed by atoms with Gasteiger partial charge in [-0.15, -0.1) is 0 Å². The van der Waals surface area contributed by atoms with Crippen molar-refractivity contribution in [1.29, 1.82) is 0 Å². The number of methoxy groups -OCH3 is 1. The molecular weight excluding hydrogens is 464 g/mol. The molecule has 0 bridgehead atoms. The smallest absolute Gasteiger partial charge is 0.337 e. The van der Waals surface area contributed by atoms with E-state index >= 15 is 0 Å². The number of hydrogen-bond acceptors (Lipinski definition) is 4. The normalized spacial score (nSPS) is 15.5. The number of allylic oxidation sites excluding steroid dienone is 1. The molecule has 0 radical (unpaired) electrons. The van der Waals surface area contributed by atoms with Crippen LogP contribution in [0.3, 0.4) is 0 Å². The third-order valence-electron chi connectivity index (χ3n) is 6.64. The molecule has 0 fully saturated rings. The van der Waals surface area contributed by atoms with Crippen molar-refractivity contribution in [1.82, 2.24) is 10.2 Å². The summed E-state index contributed by atoms with van der Waals surface area (Å²) in [5, 5.41) is 4.95. The van der Waals surface area contributed by atoms with Gasteiger partial charge >= 0.3 is 12.0 Å². The van der Waals surface area contributed by atoms with Crippen molar-refractivity contribution in [2.75, 3.05) is 7.11 Å². The van der Waals surface area contributed by atoms with Crippen molar-refractivity contribution in [3.05, 3.63) is 125 Å². The first-order valence-corrected chi connectivity index (χ1v) is 12.2. The van der Waals surface area contributed by atoms with E-state index in [2.05, 4.69) is 5.32 Å². The number of ether oxygens (including phenoxy) is 2. The van der Waals surface area contributed by atoms with Gasteiger partial charge in [0.25, 0.3) is 0 Å². The second-order valence-electron chi connectivity index (χ2n) is 8.92. The SMILES string of the molecule is COC(=O)C1=C(C)N(Cc2ccccc2)C(=O)N[C@@H]1c1c(OCc2ccccc2)ccc2ccccc12. The molecular formula is C31H28N2O4. The molecule has 0 unspecified atom stereocenters. The number of amides is 2. The number of esters is 1. The van der Waals surface area contributed by atoms with Gasteiger partial charge < -0.3 is 14.8 Å². The highest BCUT2D eigenvalue weighted by molar-refractivity contribution is 5.98. The molecule has 0 aliphatic carbocycles. The highest BCUT2D eigenvalue weighted by Crippen LogP contribution is 2.40. The van der Waals surface area contributed by atoms with Crippen LogP contribution in [0.4, 0.5) is 4.79 Å². The molecule has 0 saturated heterocycles. The topological polar surface area (TPSA) is 67.9 Å². The molecule has 1 N–H and O–H groups in total. The Balaban J connectivity index is 1.62. The van der Waals surface area contributed by atoms with Crippen LogP contribution in [-0.2, 0) is 22.7 Å². The van der Waals surface area contributed by atoms with Crippen molar-refractivity contribution < 1.29 is 19.1 Å². The van der Waals surface area contributed by atoms with Crippen LogP contribution in [0.2, 0.25) is 0 Å². The zero-order valence-corrected chi connectivity index (χ0v) is 20.8. The lowest BCUT2D eigenvalue weighted by molar-refractivity contribution is -0.136. The Morgan fingerprint density at radius 3 is 2.22 bits per heavy atom. The molecule has 4 aromatic carbocycles. The first-order chi connectivity index (χ1) is 18.1. The predicted octanol–water partition coefficient (Wildman–Crippen LogP) is 6.13. The van der Waals surface area contributed by atoms with E-state index < -0.39 is 12.0 Å². The monoisotopic (exact) mass is 492 g/mol. The third-order valence-corrected chi connectivity index (χ3v) is 6.64. The van der Waals surface area contributed by atoms with Crippen molar-refractivity contribution >= 4 is 22.8 Å². The second-order valence-corrected chi connectivity index (χ2v) is 8.92. The summed E-state index contributed by atoms with van der Waals surface area (Å²) in [6.45, 7) is 2.47. The lowest BCUT2D eigenvalue weighted by Gasteiger charge is -2.36. The van der Waals surface area contributed by atoms with Gasteiger partial charge in [0, 0.05) is 11.3 Å². The van der Waals surface area contributed by atoms with Crippen molar-refractivity contribution in [2.45, 2.75) is 26.1 Å². The second kappa shape index (κ2) is 10.6. The summed E-state index contributed by atoms with van der Waals surface area (Å²) in [5.74, 6) is 0.0982. The van der Waals surface area contributed by atoms with Gasteiger partial charge in [0.1, 0.15) is 12.4 Å². The summed E-state index contributed by atoms with van der Waals surface area (Å²) in [6, 6.07) is 30.3. The molecule has 37 heavy (non-hydrogen) atoms. The van der Waals surface area contributed by atoms with Gasteiger partial charge in [0.05, 0.1) is 25.3 Å². The number of carbonyl (C=O) groups is 2. The van der Waals surface area contributed by atoms with Gasteiger partial charge in [-0.3, -0.25) is 4.90 Å². The third kappa shape index (κ3) is 4.91. The fourth-order valence-electron chi connectivity index (χ4n) is 4.76. The minimum absolute atomic E-state index is 0.291. The molecule has 6 nitrogen and oxygen atoms in total. The van der Waals surface area contributed by atoms with Gasteiger partial charge in [-0.2, -0.15) is 0 Å². The van der Waals surface area contributed by atoms with Crippen LogP contribution in [0.15, 0.2) is 108 Å². The van der Waals surface area contributed by atoms with Gasteiger partial charge in [-0.25, -0.2) is 9.59 Å². The summed E-state index contributed by atoms with van der Waals surface area (Å²) in [5.41, 5.74) is 3.62. The zero-order valence-electron chi connectivity index (χ0n) is 20.8. The number of nitrogens with zero attached hydrogens (tertiary/aromatic N) is 1. The molecule has 2 amide bonds. The highest BCUT2D eigenvalue weighted by Gasteiger charge is 2.38. The quantitative estimate of drug-likeness (QED) is 0.315. The van der Waals surface area contributed by atoms with E-state index in [1.165, 1.54) is 7.11 Å². The molecule has 1 atom stereocenters. The number of carbonyl (C=O) groups excluding carboxylic acids is 2. The van der Waals surface area contributed by atoms with Gasteiger partial charge in [0.15, 0.2) is 0 Å². The first-order valence-electron chi connectivity index (χ1n) is 12.2. The molecule has 5 rings (SSSR count). The van der Waals surface area contributed by atoms with E-state index in [1.807, 2.05) is 97.1 Å². The Bertz CT molecular complexity index is 1460. The van der Waals surface area contributed by atoms with E-state index in [0.29, 0.717) is 30.2 Å². The van der Waals surface area contributed by atoms with Crippen molar-refractivity contribution in [3.8, 4) is 5.75 Å². The highest BCUT2D eigenvalue weighted by atomic mass is 16.5. The van der Waals surface area contributed by atoms with Gasteiger partial charge in [-0.1, -0.05) is 91.0 Å². The average Bonchev–Trinajstić information content (AvgIpc) is 2.94. The number of nitrogens with one attached hydrogen (secondary N) is 1. The Kier molecular flexibility index (Phi) is 6.90. The van der Waals surface area contributed by atoms with E-state index in [4.69, 9.17) is 9.47 Å². The summed E-state index contributed by atoms with van der Waals surface area (Å²) in [7, 11) is 1.35. The Labute approximate surface area is 216 Å². The van der Waals surface area contributed by atoms with Gasteiger partial charge in [0.2, 0.25) is 0 Å². The summed E-state index contributed by atoms with van der Waals surface area (Å²) < 4.78 is 11.5. The molecule has 1 aliphatic rings. The van der Waals surface area contributed by atoms with E-state index in [1.54, 1.807) is 11.8 Å². The Morgan fingerprint density at radius 2 is 1.51 bits per heavy atom. The molecule has 1 aliphatic heterocycles. The maximum absolute atomic E-state index is 13.5. The van der Waals surface area contributed by atoms with E-state index in [-0.39, 0.29) is 6.03 Å². The van der Waals surface area contributed by atoms with Crippen molar-refractivity contribution in [2.24, 2.45) is 0 Å². The first kappa shape index (κ1) is 24.1.